The van der Waals surface area contributed by atoms with Crippen molar-refractivity contribution >= 4 is 0 Å². The number of rotatable bonds is 7. The summed E-state index contributed by atoms with van der Waals surface area (Å²) in [6.07, 6.45) is 1.96. The SMILES string of the molecule is CC/C(C)=C\CC(Oc1ccc(C#N)cc1F)Oc1ccc(C#N)cc1F. The first-order valence-electron chi connectivity index (χ1n) is 8.35. The number of hydrogen-bond donors (Lipinski definition) is 0. The number of nitrogens with zero attached hydrogens (tertiary/aromatic N) is 2. The second kappa shape index (κ2) is 9.35. The van der Waals surface area contributed by atoms with Crippen LogP contribution in [0.4, 0.5) is 8.78 Å². The molecule has 0 unspecified atom stereocenters. The summed E-state index contributed by atoms with van der Waals surface area (Å²) in [4.78, 5) is 0. The maximum atomic E-state index is 14.1. The second-order valence-electron chi connectivity index (χ2n) is 5.82. The van der Waals surface area contributed by atoms with Gasteiger partial charge in [0.05, 0.1) is 23.3 Å². The van der Waals surface area contributed by atoms with E-state index in [9.17, 15) is 8.78 Å². The van der Waals surface area contributed by atoms with E-state index in [4.69, 9.17) is 20.0 Å². The van der Waals surface area contributed by atoms with E-state index in [0.29, 0.717) is 0 Å². The maximum Gasteiger partial charge on any atom is 0.244 e. The third kappa shape index (κ3) is 5.55. The number of allylic oxidation sites excluding steroid dienone is 1. The molecule has 0 fully saturated rings. The predicted octanol–water partition coefficient (Wildman–Crippen LogP) is 5.24. The smallest absolute Gasteiger partial charge is 0.244 e. The van der Waals surface area contributed by atoms with Gasteiger partial charge < -0.3 is 9.47 Å². The average molecular weight is 368 g/mol. The van der Waals surface area contributed by atoms with Gasteiger partial charge in [0, 0.05) is 6.42 Å². The zero-order valence-corrected chi connectivity index (χ0v) is 15.0. The van der Waals surface area contributed by atoms with Gasteiger partial charge in [0.15, 0.2) is 23.1 Å². The molecule has 2 aromatic rings. The minimum Gasteiger partial charge on any atom is -0.451 e. The van der Waals surface area contributed by atoms with Gasteiger partial charge >= 0.3 is 0 Å². The Labute approximate surface area is 156 Å². The lowest BCUT2D eigenvalue weighted by Gasteiger charge is -2.20. The summed E-state index contributed by atoms with van der Waals surface area (Å²) in [5, 5.41) is 17.6. The fourth-order valence-corrected chi connectivity index (χ4v) is 2.18. The van der Waals surface area contributed by atoms with Crippen molar-refractivity contribution in [3.8, 4) is 23.6 Å². The minimum atomic E-state index is -0.989. The van der Waals surface area contributed by atoms with Crippen LogP contribution in [0.25, 0.3) is 0 Å². The molecule has 0 amide bonds. The van der Waals surface area contributed by atoms with Crippen LogP contribution in [0.3, 0.4) is 0 Å². The molecule has 0 saturated heterocycles. The summed E-state index contributed by atoms with van der Waals surface area (Å²) < 4.78 is 39.4. The third-order valence-corrected chi connectivity index (χ3v) is 3.86. The highest BCUT2D eigenvalue weighted by atomic mass is 19.1. The van der Waals surface area contributed by atoms with Gasteiger partial charge in [-0.25, -0.2) is 8.78 Å². The van der Waals surface area contributed by atoms with E-state index in [1.807, 2.05) is 32.1 Å². The molecule has 0 aliphatic rings. The lowest BCUT2D eigenvalue weighted by Crippen LogP contribution is -2.24. The molecule has 0 aliphatic heterocycles. The first kappa shape index (κ1) is 19.9. The van der Waals surface area contributed by atoms with E-state index in [0.717, 1.165) is 24.1 Å². The predicted molar refractivity (Wildman–Crippen MR) is 95.9 cm³/mol. The van der Waals surface area contributed by atoms with Gasteiger partial charge in [-0.15, -0.1) is 0 Å². The van der Waals surface area contributed by atoms with Gasteiger partial charge in [0.1, 0.15) is 0 Å². The Bertz CT molecular complexity index is 861. The molecule has 0 aliphatic carbocycles. The first-order chi connectivity index (χ1) is 13.0. The van der Waals surface area contributed by atoms with Crippen molar-refractivity contribution < 1.29 is 18.3 Å². The van der Waals surface area contributed by atoms with Crippen LogP contribution in [0.2, 0.25) is 0 Å². The minimum absolute atomic E-state index is 0.101. The normalized spacial score (nSPS) is 11.0. The third-order valence-electron chi connectivity index (χ3n) is 3.86. The fraction of sp³-hybridized carbons (Fsp3) is 0.238. The Balaban J connectivity index is 2.26. The van der Waals surface area contributed by atoms with Gasteiger partial charge in [-0.05, 0) is 49.7 Å². The monoisotopic (exact) mass is 368 g/mol. The number of nitriles is 2. The summed E-state index contributed by atoms with van der Waals surface area (Å²) in [6.45, 7) is 3.92. The largest absolute Gasteiger partial charge is 0.451 e. The van der Waals surface area contributed by atoms with Crippen LogP contribution in [0.15, 0.2) is 48.0 Å². The van der Waals surface area contributed by atoms with Crippen molar-refractivity contribution in [2.45, 2.75) is 33.0 Å². The van der Waals surface area contributed by atoms with Crippen molar-refractivity contribution in [2.75, 3.05) is 0 Å². The van der Waals surface area contributed by atoms with E-state index < -0.39 is 17.9 Å². The molecular weight excluding hydrogens is 350 g/mol. The Hall–Kier alpha value is -3.38. The van der Waals surface area contributed by atoms with E-state index in [-0.39, 0.29) is 29.0 Å². The molecule has 4 nitrogen and oxygen atoms in total. The zero-order valence-electron chi connectivity index (χ0n) is 15.0. The van der Waals surface area contributed by atoms with Crippen LogP contribution in [-0.2, 0) is 0 Å². The zero-order chi connectivity index (χ0) is 19.8. The molecule has 0 N–H and O–H groups in total. The highest BCUT2D eigenvalue weighted by Crippen LogP contribution is 2.25. The van der Waals surface area contributed by atoms with E-state index >= 15 is 0 Å². The van der Waals surface area contributed by atoms with Crippen LogP contribution in [0.5, 0.6) is 11.5 Å². The molecule has 6 heteroatoms. The molecule has 138 valence electrons. The van der Waals surface area contributed by atoms with Crippen LogP contribution in [-0.4, -0.2) is 6.29 Å². The van der Waals surface area contributed by atoms with E-state index in [2.05, 4.69) is 0 Å². The van der Waals surface area contributed by atoms with E-state index in [1.54, 1.807) is 0 Å². The molecule has 0 saturated carbocycles. The van der Waals surface area contributed by atoms with Crippen LogP contribution >= 0.6 is 0 Å². The summed E-state index contributed by atoms with van der Waals surface area (Å²) >= 11 is 0. The topological polar surface area (TPSA) is 66.0 Å². The standard InChI is InChI=1S/C21H18F2N2O2/c1-3-14(2)4-9-21(26-19-7-5-15(12-24)10-17(19)22)27-20-8-6-16(13-25)11-18(20)23/h4-8,10-11,21H,3,9H2,1-2H3/b14-4-. The number of ether oxygens (including phenoxy) is 2. The molecule has 0 spiro atoms. The van der Waals surface area contributed by atoms with Crippen LogP contribution < -0.4 is 9.47 Å². The Morgan fingerprint density at radius 3 is 1.85 bits per heavy atom. The molecule has 0 radical (unpaired) electrons. The molecule has 2 rings (SSSR count). The lowest BCUT2D eigenvalue weighted by atomic mass is 10.2. The second-order valence-corrected chi connectivity index (χ2v) is 5.82. The summed E-state index contributed by atoms with van der Waals surface area (Å²) in [5.41, 5.74) is 1.40. The summed E-state index contributed by atoms with van der Waals surface area (Å²) in [5.74, 6) is -1.62. The van der Waals surface area contributed by atoms with Gasteiger partial charge in [-0.2, -0.15) is 10.5 Å². The summed E-state index contributed by atoms with van der Waals surface area (Å²) in [6, 6.07) is 11.3. The molecular formula is C21H18F2N2O2. The average Bonchev–Trinajstić information content (AvgIpc) is 2.68. The van der Waals surface area contributed by atoms with Crippen molar-refractivity contribution in [1.82, 2.24) is 0 Å². The number of benzene rings is 2. The molecule has 27 heavy (non-hydrogen) atoms. The molecule has 0 atom stereocenters. The first-order valence-corrected chi connectivity index (χ1v) is 8.35. The Morgan fingerprint density at radius 2 is 1.48 bits per heavy atom. The molecule has 2 aromatic carbocycles. The number of halogens is 2. The highest BCUT2D eigenvalue weighted by Gasteiger charge is 2.17. The lowest BCUT2D eigenvalue weighted by molar-refractivity contribution is 0.00295. The van der Waals surface area contributed by atoms with Crippen LogP contribution in [0, 0.1) is 34.3 Å². The van der Waals surface area contributed by atoms with Crippen LogP contribution in [0.1, 0.15) is 37.8 Å². The molecule has 0 bridgehead atoms. The van der Waals surface area contributed by atoms with Gasteiger partial charge in [-0.1, -0.05) is 18.6 Å². The van der Waals surface area contributed by atoms with Gasteiger partial charge in [-0.3, -0.25) is 0 Å². The summed E-state index contributed by atoms with van der Waals surface area (Å²) in [7, 11) is 0. The Kier molecular flexibility index (Phi) is 6.91. The molecule has 0 heterocycles. The quantitative estimate of drug-likeness (QED) is 0.495. The van der Waals surface area contributed by atoms with E-state index in [1.165, 1.54) is 24.3 Å². The maximum absolute atomic E-state index is 14.1. The van der Waals surface area contributed by atoms with Gasteiger partial charge in [0.25, 0.3) is 0 Å². The van der Waals surface area contributed by atoms with Crippen molar-refractivity contribution in [3.63, 3.8) is 0 Å². The van der Waals surface area contributed by atoms with Crippen molar-refractivity contribution in [2.24, 2.45) is 0 Å². The van der Waals surface area contributed by atoms with Gasteiger partial charge in [0.2, 0.25) is 6.29 Å². The fourth-order valence-electron chi connectivity index (χ4n) is 2.18. The highest BCUT2D eigenvalue weighted by molar-refractivity contribution is 5.37. The Morgan fingerprint density at radius 1 is 1.00 bits per heavy atom. The van der Waals surface area contributed by atoms with Crippen molar-refractivity contribution in [1.29, 1.82) is 10.5 Å². The number of hydrogen-bond acceptors (Lipinski definition) is 4. The van der Waals surface area contributed by atoms with Crippen molar-refractivity contribution in [3.05, 3.63) is 70.8 Å². The molecule has 0 aromatic heterocycles.